The van der Waals surface area contributed by atoms with E-state index in [1.165, 1.54) is 25.6 Å². The zero-order valence-electron chi connectivity index (χ0n) is 13.1. The molecule has 1 aromatic heterocycles. The lowest BCUT2D eigenvalue weighted by Gasteiger charge is -2.17. The summed E-state index contributed by atoms with van der Waals surface area (Å²) in [5, 5.41) is 1.99. The molecule has 0 saturated carbocycles. The van der Waals surface area contributed by atoms with Crippen molar-refractivity contribution in [3.63, 3.8) is 0 Å². The molecular weight excluding hydrogens is 374 g/mol. The van der Waals surface area contributed by atoms with E-state index in [-0.39, 0.29) is 22.9 Å². The van der Waals surface area contributed by atoms with Crippen molar-refractivity contribution >= 4 is 38.9 Å². The van der Waals surface area contributed by atoms with E-state index in [0.29, 0.717) is 10.8 Å². The van der Waals surface area contributed by atoms with Gasteiger partial charge in [-0.1, -0.05) is 23.7 Å². The average Bonchev–Trinajstić information content (AvgIpc) is 3.06. The maximum atomic E-state index is 12.6. The molecule has 0 aliphatic rings. The van der Waals surface area contributed by atoms with Gasteiger partial charge in [-0.3, -0.25) is 0 Å². The molecule has 9 heteroatoms. The van der Waals surface area contributed by atoms with Crippen LogP contribution in [0.1, 0.15) is 9.67 Å². The van der Waals surface area contributed by atoms with Gasteiger partial charge in [0.1, 0.15) is 22.1 Å². The van der Waals surface area contributed by atoms with Crippen molar-refractivity contribution in [1.29, 1.82) is 0 Å². The minimum Gasteiger partial charge on any atom is -0.491 e. The molecule has 0 saturated heterocycles. The van der Waals surface area contributed by atoms with E-state index >= 15 is 0 Å². The molecule has 0 radical (unpaired) electrons. The average molecular weight is 390 g/mol. The van der Waals surface area contributed by atoms with Gasteiger partial charge in [-0.15, -0.1) is 11.3 Å². The lowest BCUT2D eigenvalue weighted by atomic mass is 10.3. The van der Waals surface area contributed by atoms with Gasteiger partial charge in [-0.05, 0) is 23.6 Å². The Hall–Kier alpha value is -1.61. The summed E-state index contributed by atoms with van der Waals surface area (Å²) in [4.78, 5) is 11.6. The van der Waals surface area contributed by atoms with Gasteiger partial charge in [0.05, 0.1) is 12.1 Å². The van der Waals surface area contributed by atoms with Crippen LogP contribution in [0.2, 0.25) is 5.02 Å². The van der Waals surface area contributed by atoms with Crippen LogP contribution in [0.5, 0.6) is 5.75 Å². The Morgan fingerprint density at radius 2 is 2.00 bits per heavy atom. The Kier molecular flexibility index (Phi) is 6.22. The van der Waals surface area contributed by atoms with E-state index < -0.39 is 16.0 Å². The molecule has 0 unspecified atom stereocenters. The number of esters is 1. The fourth-order valence-electron chi connectivity index (χ4n) is 1.88. The summed E-state index contributed by atoms with van der Waals surface area (Å²) in [5.74, 6) is -0.194. The molecule has 0 bridgehead atoms. The Labute approximate surface area is 149 Å². The van der Waals surface area contributed by atoms with Gasteiger partial charge in [0.25, 0.3) is 0 Å². The lowest BCUT2D eigenvalue weighted by molar-refractivity contribution is 0.0602. The van der Waals surface area contributed by atoms with E-state index in [4.69, 9.17) is 16.3 Å². The summed E-state index contributed by atoms with van der Waals surface area (Å²) in [5.41, 5.74) is 0. The summed E-state index contributed by atoms with van der Waals surface area (Å²) in [6.45, 7) is 0.223. The van der Waals surface area contributed by atoms with Crippen molar-refractivity contribution < 1.29 is 22.7 Å². The SMILES string of the molecule is COC(=O)c1sccc1S(=O)(=O)N(C)CCOc1ccccc1Cl. The Morgan fingerprint density at radius 1 is 1.29 bits per heavy atom. The number of benzene rings is 1. The number of nitrogens with zero attached hydrogens (tertiary/aromatic N) is 1. The molecule has 130 valence electrons. The number of carbonyl (C=O) groups excluding carboxylic acids is 1. The van der Waals surface area contributed by atoms with Crippen molar-refractivity contribution in [1.82, 2.24) is 4.31 Å². The highest BCUT2D eigenvalue weighted by molar-refractivity contribution is 7.89. The van der Waals surface area contributed by atoms with E-state index in [1.807, 2.05) is 0 Å². The maximum absolute atomic E-state index is 12.6. The van der Waals surface area contributed by atoms with E-state index in [1.54, 1.807) is 24.3 Å². The summed E-state index contributed by atoms with van der Waals surface area (Å²) in [6.07, 6.45) is 0. The smallest absolute Gasteiger partial charge is 0.349 e. The fraction of sp³-hybridized carbons (Fsp3) is 0.267. The van der Waals surface area contributed by atoms with Crippen LogP contribution in [0, 0.1) is 0 Å². The lowest BCUT2D eigenvalue weighted by Crippen LogP contribution is -2.31. The number of rotatable bonds is 7. The molecule has 0 N–H and O–H groups in total. The maximum Gasteiger partial charge on any atom is 0.349 e. The second-order valence-electron chi connectivity index (χ2n) is 4.71. The standard InChI is InChI=1S/C15H16ClNO5S2/c1-17(8-9-22-12-6-4-3-5-11(12)16)24(19,20)13-7-10-23-14(13)15(18)21-2/h3-7,10H,8-9H2,1-2H3. The first-order chi connectivity index (χ1) is 11.4. The molecule has 2 aromatic rings. The molecular formula is C15H16ClNO5S2. The van der Waals surface area contributed by atoms with Crippen LogP contribution < -0.4 is 4.74 Å². The van der Waals surface area contributed by atoms with E-state index in [0.717, 1.165) is 15.6 Å². The number of ether oxygens (including phenoxy) is 2. The predicted octanol–water partition coefficient (Wildman–Crippen LogP) is 2.89. The van der Waals surface area contributed by atoms with Crippen LogP contribution in [0.15, 0.2) is 40.6 Å². The highest BCUT2D eigenvalue weighted by atomic mass is 35.5. The largest absolute Gasteiger partial charge is 0.491 e. The van der Waals surface area contributed by atoms with Crippen LogP contribution in [-0.4, -0.2) is 46.0 Å². The molecule has 0 fully saturated rings. The first-order valence-corrected chi connectivity index (χ1v) is 9.57. The Morgan fingerprint density at radius 3 is 2.67 bits per heavy atom. The number of hydrogen-bond donors (Lipinski definition) is 0. The third-order valence-electron chi connectivity index (χ3n) is 3.19. The zero-order valence-corrected chi connectivity index (χ0v) is 15.5. The zero-order chi connectivity index (χ0) is 17.7. The van der Waals surface area contributed by atoms with Gasteiger partial charge in [0, 0.05) is 13.6 Å². The Bertz CT molecular complexity index is 819. The number of likely N-dealkylation sites (N-methyl/N-ethyl adjacent to an activating group) is 1. The number of halogens is 1. The van der Waals surface area contributed by atoms with Crippen molar-refractivity contribution in [2.45, 2.75) is 4.90 Å². The van der Waals surface area contributed by atoms with Crippen molar-refractivity contribution in [2.75, 3.05) is 27.3 Å². The van der Waals surface area contributed by atoms with Crippen LogP contribution in [0.25, 0.3) is 0 Å². The normalized spacial score (nSPS) is 11.5. The van der Waals surface area contributed by atoms with Gasteiger partial charge in [0.2, 0.25) is 10.0 Å². The second-order valence-corrected chi connectivity index (χ2v) is 8.05. The van der Waals surface area contributed by atoms with Crippen molar-refractivity contribution in [2.24, 2.45) is 0 Å². The number of carbonyl (C=O) groups is 1. The predicted molar refractivity (Wildman–Crippen MR) is 92.4 cm³/mol. The molecule has 0 spiro atoms. The first kappa shape index (κ1) is 18.7. The Balaban J connectivity index is 2.06. The van der Waals surface area contributed by atoms with Crippen molar-refractivity contribution in [3.8, 4) is 5.75 Å². The molecule has 1 heterocycles. The van der Waals surface area contributed by atoms with Crippen LogP contribution in [-0.2, 0) is 14.8 Å². The summed E-state index contributed by atoms with van der Waals surface area (Å²) < 4.78 is 36.4. The van der Waals surface area contributed by atoms with Crippen LogP contribution in [0.3, 0.4) is 0 Å². The van der Waals surface area contributed by atoms with Crippen LogP contribution in [0.4, 0.5) is 0 Å². The molecule has 0 aliphatic heterocycles. The van der Waals surface area contributed by atoms with Gasteiger partial charge >= 0.3 is 5.97 Å². The molecule has 0 atom stereocenters. The number of para-hydroxylation sites is 1. The number of thiophene rings is 1. The van der Waals surface area contributed by atoms with E-state index in [2.05, 4.69) is 4.74 Å². The molecule has 0 aliphatic carbocycles. The van der Waals surface area contributed by atoms with Gasteiger partial charge in [0.15, 0.2) is 0 Å². The summed E-state index contributed by atoms with van der Waals surface area (Å²) in [6, 6.07) is 8.32. The first-order valence-electron chi connectivity index (χ1n) is 6.87. The monoisotopic (exact) mass is 389 g/mol. The quantitative estimate of drug-likeness (QED) is 0.681. The summed E-state index contributed by atoms with van der Waals surface area (Å²) >= 11 is 7.00. The second kappa shape index (κ2) is 7.98. The number of hydrogen-bond acceptors (Lipinski definition) is 6. The van der Waals surface area contributed by atoms with Gasteiger partial charge < -0.3 is 9.47 Å². The number of sulfonamides is 1. The van der Waals surface area contributed by atoms with Crippen molar-refractivity contribution in [3.05, 3.63) is 45.6 Å². The highest BCUT2D eigenvalue weighted by Gasteiger charge is 2.28. The van der Waals surface area contributed by atoms with E-state index in [9.17, 15) is 13.2 Å². The van der Waals surface area contributed by atoms with Gasteiger partial charge in [-0.2, -0.15) is 4.31 Å². The molecule has 0 amide bonds. The van der Waals surface area contributed by atoms with Crippen LogP contribution >= 0.6 is 22.9 Å². The highest BCUT2D eigenvalue weighted by Crippen LogP contribution is 2.26. The number of methoxy groups -OCH3 is 1. The summed E-state index contributed by atoms with van der Waals surface area (Å²) in [7, 11) is -1.19. The molecule has 6 nitrogen and oxygen atoms in total. The molecule has 2 rings (SSSR count). The molecule has 1 aromatic carbocycles. The third kappa shape index (κ3) is 4.07. The third-order valence-corrected chi connectivity index (χ3v) is 6.42. The van der Waals surface area contributed by atoms with Gasteiger partial charge in [-0.25, -0.2) is 13.2 Å². The minimum atomic E-state index is -3.82. The topological polar surface area (TPSA) is 72.9 Å². The minimum absolute atomic E-state index is 0.0522. The molecule has 24 heavy (non-hydrogen) atoms. The fourth-order valence-corrected chi connectivity index (χ4v) is 4.53.